The number of nitrogens with zero attached hydrogens (tertiary/aromatic N) is 1. The lowest BCUT2D eigenvalue weighted by Crippen LogP contribution is -2.49. The zero-order valence-corrected chi connectivity index (χ0v) is 5.32. The van der Waals surface area contributed by atoms with E-state index in [1.165, 1.54) is 0 Å². The second-order valence-corrected chi connectivity index (χ2v) is 2.36. The van der Waals surface area contributed by atoms with Crippen LogP contribution in [0.1, 0.15) is 6.42 Å². The van der Waals surface area contributed by atoms with Crippen molar-refractivity contribution in [2.24, 2.45) is 0 Å². The highest BCUT2D eigenvalue weighted by Crippen LogP contribution is 2.19. The smallest absolute Gasteiger partial charge is 0.249 e. The minimum absolute atomic E-state index is 0.0312. The molecule has 1 aliphatic heterocycles. The van der Waals surface area contributed by atoms with E-state index >= 15 is 0 Å². The molecule has 1 fully saturated rings. The summed E-state index contributed by atoms with van der Waals surface area (Å²) in [4.78, 5) is 0. The van der Waals surface area contributed by atoms with E-state index in [4.69, 9.17) is 0 Å². The minimum Gasteiger partial charge on any atom is -0.249 e. The van der Waals surface area contributed by atoms with Crippen molar-refractivity contribution >= 4 is 0 Å². The van der Waals surface area contributed by atoms with Gasteiger partial charge >= 0.3 is 0 Å². The number of rotatable bonds is 0. The van der Waals surface area contributed by atoms with Crippen LogP contribution in [0.3, 0.4) is 0 Å². The Balaban J connectivity index is 2.35. The molecule has 2 nitrogen and oxygen atoms in total. The Morgan fingerprint density at radius 1 is 1.56 bits per heavy atom. The van der Waals surface area contributed by atoms with E-state index < -0.39 is 5.92 Å². The van der Waals surface area contributed by atoms with Gasteiger partial charge in [0, 0.05) is 20.0 Å². The van der Waals surface area contributed by atoms with Crippen LogP contribution in [0.25, 0.3) is 0 Å². The van der Waals surface area contributed by atoms with Crippen LogP contribution in [-0.2, 0) is 0 Å². The summed E-state index contributed by atoms with van der Waals surface area (Å²) in [6, 6.07) is 0. The Kier molecular flexibility index (Phi) is 1.68. The summed E-state index contributed by atoms with van der Waals surface area (Å²) in [6.45, 7) is 0.205. The first kappa shape index (κ1) is 6.89. The van der Waals surface area contributed by atoms with Crippen LogP contribution >= 0.6 is 0 Å². The molecule has 0 radical (unpaired) electrons. The molecule has 4 heteroatoms. The maximum atomic E-state index is 12.3. The first-order valence-electron chi connectivity index (χ1n) is 2.93. The Hall–Kier alpha value is -0.220. The van der Waals surface area contributed by atoms with Crippen LogP contribution in [0.2, 0.25) is 0 Å². The normalized spacial score (nSPS) is 28.3. The summed E-state index contributed by atoms with van der Waals surface area (Å²) in [6.07, 6.45) is -0.0312. The fraction of sp³-hybridized carbons (Fsp3) is 1.00. The van der Waals surface area contributed by atoms with Gasteiger partial charge in [0.25, 0.3) is 5.92 Å². The molecule has 0 bridgehead atoms. The molecule has 0 aliphatic carbocycles. The van der Waals surface area contributed by atoms with Crippen molar-refractivity contribution < 1.29 is 8.78 Å². The minimum atomic E-state index is -2.49. The van der Waals surface area contributed by atoms with Crippen LogP contribution in [0.5, 0.6) is 0 Å². The van der Waals surface area contributed by atoms with E-state index in [1.54, 1.807) is 12.1 Å². The predicted molar refractivity (Wildman–Crippen MR) is 30.2 cm³/mol. The number of halogens is 2. The quantitative estimate of drug-likeness (QED) is 0.520. The summed E-state index contributed by atoms with van der Waals surface area (Å²) in [5.41, 5.74) is 2.56. The van der Waals surface area contributed by atoms with Gasteiger partial charge in [-0.1, -0.05) is 0 Å². The van der Waals surface area contributed by atoms with Crippen molar-refractivity contribution in [3.05, 3.63) is 0 Å². The van der Waals surface area contributed by atoms with Crippen molar-refractivity contribution in [1.82, 2.24) is 10.4 Å². The molecule has 1 N–H and O–H groups in total. The number of hydrazine groups is 1. The van der Waals surface area contributed by atoms with Crippen molar-refractivity contribution in [3.8, 4) is 0 Å². The van der Waals surface area contributed by atoms with Crippen LogP contribution in [0, 0.1) is 0 Å². The summed E-state index contributed by atoms with van der Waals surface area (Å²) in [5.74, 6) is -2.49. The number of hydrogen-bond acceptors (Lipinski definition) is 2. The van der Waals surface area contributed by atoms with Gasteiger partial charge in [-0.25, -0.2) is 19.2 Å². The van der Waals surface area contributed by atoms with Crippen molar-refractivity contribution in [3.63, 3.8) is 0 Å². The Morgan fingerprint density at radius 2 is 2.22 bits per heavy atom. The van der Waals surface area contributed by atoms with E-state index in [0.29, 0.717) is 6.54 Å². The molecule has 0 atom stereocenters. The van der Waals surface area contributed by atoms with Crippen LogP contribution in [-0.4, -0.2) is 31.1 Å². The molecule has 9 heavy (non-hydrogen) atoms. The molecular weight excluding hydrogens is 126 g/mol. The monoisotopic (exact) mass is 136 g/mol. The van der Waals surface area contributed by atoms with Crippen molar-refractivity contribution in [2.45, 2.75) is 12.3 Å². The summed E-state index contributed by atoms with van der Waals surface area (Å²) in [5, 5.41) is 1.68. The molecule has 0 aromatic carbocycles. The van der Waals surface area contributed by atoms with Gasteiger partial charge in [-0.15, -0.1) is 0 Å². The average Bonchev–Trinajstić information content (AvgIpc) is 1.78. The standard InChI is InChI=1S/C5H10F2N2/c1-9-3-2-5(6,7)4-8-9/h8H,2-4H2,1H3. The van der Waals surface area contributed by atoms with Gasteiger partial charge in [-0.05, 0) is 0 Å². The van der Waals surface area contributed by atoms with E-state index in [2.05, 4.69) is 5.43 Å². The molecule has 0 saturated carbocycles. The second-order valence-electron chi connectivity index (χ2n) is 2.36. The van der Waals surface area contributed by atoms with Gasteiger partial charge in [-0.2, -0.15) is 0 Å². The van der Waals surface area contributed by atoms with Gasteiger partial charge in [0.1, 0.15) is 0 Å². The Bertz CT molecular complexity index is 95.1. The Morgan fingerprint density at radius 3 is 2.56 bits per heavy atom. The third-order valence-electron chi connectivity index (χ3n) is 1.42. The van der Waals surface area contributed by atoms with Crippen LogP contribution in [0.4, 0.5) is 8.78 Å². The lowest BCUT2D eigenvalue weighted by atomic mass is 10.2. The van der Waals surface area contributed by atoms with Crippen LogP contribution in [0.15, 0.2) is 0 Å². The lowest BCUT2D eigenvalue weighted by Gasteiger charge is -2.29. The Labute approximate surface area is 52.8 Å². The molecule has 1 rings (SSSR count). The predicted octanol–water partition coefficient (Wildman–Crippen LogP) is 0.462. The topological polar surface area (TPSA) is 15.3 Å². The first-order valence-corrected chi connectivity index (χ1v) is 2.93. The summed E-state index contributed by atoms with van der Waals surface area (Å²) >= 11 is 0. The third-order valence-corrected chi connectivity index (χ3v) is 1.42. The molecule has 1 heterocycles. The van der Waals surface area contributed by atoms with E-state index in [1.807, 2.05) is 0 Å². The van der Waals surface area contributed by atoms with Gasteiger partial charge in [0.05, 0.1) is 6.54 Å². The lowest BCUT2D eigenvalue weighted by molar-refractivity contribution is -0.0592. The molecule has 0 aromatic rings. The van der Waals surface area contributed by atoms with Gasteiger partial charge in [0.15, 0.2) is 0 Å². The first-order chi connectivity index (χ1) is 4.10. The largest absolute Gasteiger partial charge is 0.262 e. The van der Waals surface area contributed by atoms with Gasteiger partial charge in [-0.3, -0.25) is 0 Å². The van der Waals surface area contributed by atoms with Crippen molar-refractivity contribution in [1.29, 1.82) is 0 Å². The average molecular weight is 136 g/mol. The molecule has 54 valence electrons. The van der Waals surface area contributed by atoms with Crippen LogP contribution < -0.4 is 5.43 Å². The van der Waals surface area contributed by atoms with E-state index in [-0.39, 0.29) is 13.0 Å². The highest BCUT2D eigenvalue weighted by molar-refractivity contribution is 4.73. The summed E-state index contributed by atoms with van der Waals surface area (Å²) < 4.78 is 24.6. The number of hydrogen-bond donors (Lipinski definition) is 1. The SMILES string of the molecule is CN1CCC(F)(F)CN1. The van der Waals surface area contributed by atoms with E-state index in [0.717, 1.165) is 0 Å². The van der Waals surface area contributed by atoms with Gasteiger partial charge < -0.3 is 0 Å². The maximum Gasteiger partial charge on any atom is 0.262 e. The van der Waals surface area contributed by atoms with Crippen molar-refractivity contribution in [2.75, 3.05) is 20.1 Å². The van der Waals surface area contributed by atoms with Gasteiger partial charge in [0.2, 0.25) is 0 Å². The zero-order valence-electron chi connectivity index (χ0n) is 5.32. The molecule has 0 unspecified atom stereocenters. The molecular formula is C5H10F2N2. The maximum absolute atomic E-state index is 12.3. The molecule has 0 amide bonds. The van der Waals surface area contributed by atoms with E-state index in [9.17, 15) is 8.78 Å². The highest BCUT2D eigenvalue weighted by Gasteiger charge is 2.32. The molecule has 0 spiro atoms. The number of alkyl halides is 2. The zero-order chi connectivity index (χ0) is 6.91. The second kappa shape index (κ2) is 2.19. The molecule has 1 aliphatic rings. The summed E-state index contributed by atoms with van der Waals surface area (Å²) in [7, 11) is 1.76. The molecule has 0 aromatic heterocycles. The number of nitrogens with one attached hydrogen (secondary N) is 1. The third kappa shape index (κ3) is 1.87. The fourth-order valence-electron chi connectivity index (χ4n) is 0.749. The highest BCUT2D eigenvalue weighted by atomic mass is 19.3. The molecule has 1 saturated heterocycles. The fourth-order valence-corrected chi connectivity index (χ4v) is 0.749.